The van der Waals surface area contributed by atoms with E-state index in [-0.39, 0.29) is 5.91 Å². The van der Waals surface area contributed by atoms with Crippen molar-refractivity contribution in [1.82, 2.24) is 29.5 Å². The van der Waals surface area contributed by atoms with Crippen molar-refractivity contribution in [2.75, 3.05) is 34.2 Å². The maximum Gasteiger partial charge on any atom is 0.253 e. The van der Waals surface area contributed by atoms with E-state index < -0.39 is 0 Å². The van der Waals surface area contributed by atoms with Crippen molar-refractivity contribution in [3.8, 4) is 22.5 Å². The Balaban J connectivity index is 1.59. The first kappa shape index (κ1) is 22.2. The van der Waals surface area contributed by atoms with E-state index in [1.54, 1.807) is 4.90 Å². The van der Waals surface area contributed by atoms with Crippen LogP contribution in [0, 0.1) is 6.92 Å². The molecule has 174 valence electrons. The van der Waals surface area contributed by atoms with E-state index in [9.17, 15) is 4.79 Å². The molecule has 5 rings (SSSR count). The molecule has 0 unspecified atom stereocenters. The monoisotopic (exact) mass is 454 g/mol. The number of carbonyl (C=O) groups is 1. The van der Waals surface area contributed by atoms with E-state index in [1.165, 1.54) is 5.69 Å². The normalized spacial score (nSPS) is 13.0. The highest BCUT2D eigenvalue weighted by Crippen LogP contribution is 2.39. The minimum absolute atomic E-state index is 0.00651. The predicted octanol–water partition coefficient (Wildman–Crippen LogP) is 4.05. The van der Waals surface area contributed by atoms with Gasteiger partial charge in [0, 0.05) is 60.8 Å². The van der Waals surface area contributed by atoms with Crippen LogP contribution in [-0.2, 0) is 13.0 Å². The summed E-state index contributed by atoms with van der Waals surface area (Å²) in [6, 6.07) is 14.0. The molecular weight excluding hydrogens is 424 g/mol. The Labute approximate surface area is 200 Å². The summed E-state index contributed by atoms with van der Waals surface area (Å²) in [6.07, 6.45) is 3.91. The van der Waals surface area contributed by atoms with Crippen molar-refractivity contribution in [1.29, 1.82) is 0 Å². The van der Waals surface area contributed by atoms with Crippen LogP contribution in [0.4, 0.5) is 0 Å². The molecule has 1 aliphatic rings. The van der Waals surface area contributed by atoms with Crippen LogP contribution in [0.3, 0.4) is 0 Å². The van der Waals surface area contributed by atoms with Gasteiger partial charge in [0.15, 0.2) is 0 Å². The van der Waals surface area contributed by atoms with Crippen molar-refractivity contribution >= 4 is 16.8 Å². The van der Waals surface area contributed by atoms with Crippen LogP contribution < -0.4 is 0 Å². The summed E-state index contributed by atoms with van der Waals surface area (Å²) in [6.45, 7) is 4.42. The molecule has 0 N–H and O–H groups in total. The fourth-order valence-corrected chi connectivity index (χ4v) is 4.64. The topological polar surface area (TPSA) is 67.2 Å². The zero-order valence-electron chi connectivity index (χ0n) is 20.2. The molecule has 0 aliphatic carbocycles. The van der Waals surface area contributed by atoms with Crippen LogP contribution in [0.5, 0.6) is 0 Å². The van der Waals surface area contributed by atoms with Gasteiger partial charge in [0.2, 0.25) is 0 Å². The average Bonchev–Trinajstić information content (AvgIpc) is 3.43. The van der Waals surface area contributed by atoms with E-state index >= 15 is 0 Å². The van der Waals surface area contributed by atoms with Crippen LogP contribution in [0.25, 0.3) is 33.4 Å². The van der Waals surface area contributed by atoms with Gasteiger partial charge < -0.3 is 9.80 Å². The van der Waals surface area contributed by atoms with Gasteiger partial charge in [-0.2, -0.15) is 5.10 Å². The summed E-state index contributed by atoms with van der Waals surface area (Å²) in [5, 5.41) is 5.98. The van der Waals surface area contributed by atoms with Crippen molar-refractivity contribution in [2.24, 2.45) is 0 Å². The van der Waals surface area contributed by atoms with E-state index in [4.69, 9.17) is 10.1 Å². The van der Waals surface area contributed by atoms with Gasteiger partial charge in [-0.3, -0.25) is 19.4 Å². The summed E-state index contributed by atoms with van der Waals surface area (Å²) in [4.78, 5) is 26.2. The first-order valence-electron chi connectivity index (χ1n) is 11.8. The average molecular weight is 455 g/mol. The number of rotatable bonds is 6. The van der Waals surface area contributed by atoms with Crippen molar-refractivity contribution < 1.29 is 4.79 Å². The van der Waals surface area contributed by atoms with Gasteiger partial charge in [0.05, 0.1) is 11.2 Å². The Morgan fingerprint density at radius 1 is 1.09 bits per heavy atom. The van der Waals surface area contributed by atoms with Crippen LogP contribution in [0.2, 0.25) is 0 Å². The molecule has 4 heterocycles. The lowest BCUT2D eigenvalue weighted by molar-refractivity contribution is 0.0786. The highest BCUT2D eigenvalue weighted by atomic mass is 16.2. The molecule has 3 aromatic heterocycles. The quantitative estimate of drug-likeness (QED) is 0.440. The van der Waals surface area contributed by atoms with E-state index in [1.807, 2.05) is 70.7 Å². The number of aryl methyl sites for hydroxylation is 2. The molecule has 1 aromatic carbocycles. The van der Waals surface area contributed by atoms with Gasteiger partial charge in [0.1, 0.15) is 5.69 Å². The third-order valence-corrected chi connectivity index (χ3v) is 6.46. The first-order valence-corrected chi connectivity index (χ1v) is 11.8. The summed E-state index contributed by atoms with van der Waals surface area (Å²) < 4.78 is 2.12. The van der Waals surface area contributed by atoms with Crippen molar-refractivity contribution in [3.63, 3.8) is 0 Å². The second-order valence-electron chi connectivity index (χ2n) is 9.28. The van der Waals surface area contributed by atoms with Crippen molar-refractivity contribution in [2.45, 2.75) is 26.3 Å². The third-order valence-electron chi connectivity index (χ3n) is 6.46. The second kappa shape index (κ2) is 8.99. The molecular formula is C27H30N6O. The Morgan fingerprint density at radius 3 is 2.74 bits per heavy atom. The van der Waals surface area contributed by atoms with Gasteiger partial charge in [-0.05, 0) is 69.8 Å². The van der Waals surface area contributed by atoms with Gasteiger partial charge >= 0.3 is 0 Å². The lowest BCUT2D eigenvalue weighted by Gasteiger charge is -2.20. The zero-order chi connectivity index (χ0) is 23.8. The van der Waals surface area contributed by atoms with Crippen LogP contribution in [-0.4, -0.2) is 69.7 Å². The highest BCUT2D eigenvalue weighted by Gasteiger charge is 2.26. The van der Waals surface area contributed by atoms with E-state index in [0.29, 0.717) is 12.1 Å². The maximum atomic E-state index is 13.0. The molecule has 1 amide bonds. The van der Waals surface area contributed by atoms with Crippen LogP contribution in [0.1, 0.15) is 28.2 Å². The number of hydrogen-bond acceptors (Lipinski definition) is 5. The minimum Gasteiger partial charge on any atom is -0.340 e. The molecule has 0 saturated carbocycles. The molecule has 0 atom stereocenters. The van der Waals surface area contributed by atoms with E-state index in [2.05, 4.69) is 20.6 Å². The van der Waals surface area contributed by atoms with Gasteiger partial charge in [-0.25, -0.2) is 0 Å². The Kier molecular flexibility index (Phi) is 5.87. The molecule has 0 radical (unpaired) electrons. The smallest absolute Gasteiger partial charge is 0.253 e. The molecule has 7 nitrogen and oxygen atoms in total. The molecule has 7 heteroatoms. The molecule has 0 fully saturated rings. The minimum atomic E-state index is 0.00651. The Bertz CT molecular complexity index is 1370. The fraction of sp³-hybridized carbons (Fsp3) is 0.333. The summed E-state index contributed by atoms with van der Waals surface area (Å²) in [5.41, 5.74) is 7.69. The Hall–Kier alpha value is -3.58. The number of benzene rings is 1. The lowest BCUT2D eigenvalue weighted by atomic mass is 9.96. The number of amides is 1. The zero-order valence-corrected chi connectivity index (χ0v) is 20.2. The number of fused-ring (bicyclic) bond motifs is 2. The Morgan fingerprint density at radius 2 is 1.94 bits per heavy atom. The number of nitrogens with zero attached hydrogens (tertiary/aromatic N) is 6. The molecule has 34 heavy (non-hydrogen) atoms. The molecule has 0 spiro atoms. The number of aromatic nitrogens is 4. The van der Waals surface area contributed by atoms with Gasteiger partial charge in [-0.1, -0.05) is 12.1 Å². The van der Waals surface area contributed by atoms with Gasteiger partial charge in [-0.15, -0.1) is 0 Å². The van der Waals surface area contributed by atoms with Crippen molar-refractivity contribution in [3.05, 3.63) is 65.6 Å². The molecule has 0 saturated heterocycles. The standard InChI is InChI=1S/C27H30N6O/c1-18-7-5-8-22(29-18)26-25(24-9-6-14-33(24)30-26)21-12-13-28-23-17-19(10-11-20(21)23)27(34)32(4)16-15-31(2)3/h5,7-8,10-13,17H,6,9,14-16H2,1-4H3. The lowest BCUT2D eigenvalue weighted by Crippen LogP contribution is -2.33. The number of carbonyl (C=O) groups excluding carboxylic acids is 1. The summed E-state index contributed by atoms with van der Waals surface area (Å²) in [7, 11) is 5.86. The molecule has 4 aromatic rings. The maximum absolute atomic E-state index is 13.0. The first-order chi connectivity index (χ1) is 16.4. The summed E-state index contributed by atoms with van der Waals surface area (Å²) >= 11 is 0. The number of hydrogen-bond donors (Lipinski definition) is 0. The van der Waals surface area contributed by atoms with Crippen LogP contribution >= 0.6 is 0 Å². The number of pyridine rings is 2. The third kappa shape index (κ3) is 4.07. The second-order valence-corrected chi connectivity index (χ2v) is 9.28. The fourth-order valence-electron chi connectivity index (χ4n) is 4.64. The molecule has 1 aliphatic heterocycles. The van der Waals surface area contributed by atoms with Gasteiger partial charge in [0.25, 0.3) is 5.91 Å². The highest BCUT2D eigenvalue weighted by molar-refractivity contribution is 6.03. The summed E-state index contributed by atoms with van der Waals surface area (Å²) in [5.74, 6) is 0.00651. The number of likely N-dealkylation sites (N-methyl/N-ethyl adjacent to an activating group) is 2. The largest absolute Gasteiger partial charge is 0.340 e. The van der Waals surface area contributed by atoms with E-state index in [0.717, 1.165) is 65.0 Å². The van der Waals surface area contributed by atoms with Crippen LogP contribution in [0.15, 0.2) is 48.7 Å². The predicted molar refractivity (Wildman–Crippen MR) is 135 cm³/mol. The molecule has 0 bridgehead atoms. The SMILES string of the molecule is Cc1cccc(-c2nn3c(c2-c2ccnc4cc(C(=O)N(C)CCN(C)C)ccc24)CCC3)n1.